The van der Waals surface area contributed by atoms with Crippen molar-refractivity contribution in [1.82, 2.24) is 10.6 Å². The molecule has 1 rings (SSSR count). The Bertz CT molecular complexity index is 501. The predicted molar refractivity (Wildman–Crippen MR) is 113 cm³/mol. The van der Waals surface area contributed by atoms with Crippen LogP contribution < -0.4 is 10.6 Å². The fraction of sp³-hybridized carbons (Fsp3) is 0.864. The van der Waals surface area contributed by atoms with Crippen LogP contribution in [0.5, 0.6) is 0 Å². The Kier molecular flexibility index (Phi) is 12.8. The normalized spacial score (nSPS) is 20.3. The Labute approximate surface area is 175 Å². The van der Waals surface area contributed by atoms with Crippen LogP contribution in [0.2, 0.25) is 0 Å². The van der Waals surface area contributed by atoms with E-state index in [0.29, 0.717) is 45.0 Å². The zero-order valence-corrected chi connectivity index (χ0v) is 18.6. The molecule has 1 aliphatic carbocycles. The molecule has 0 aliphatic heterocycles. The van der Waals surface area contributed by atoms with Crippen LogP contribution >= 0.6 is 0 Å². The fourth-order valence-corrected chi connectivity index (χ4v) is 3.43. The number of amides is 2. The van der Waals surface area contributed by atoms with E-state index < -0.39 is 0 Å². The molecule has 1 fully saturated rings. The van der Waals surface area contributed by atoms with Gasteiger partial charge in [0.15, 0.2) is 0 Å². The van der Waals surface area contributed by atoms with Crippen LogP contribution in [0.15, 0.2) is 0 Å². The molecule has 0 aromatic carbocycles. The molecule has 7 heteroatoms. The van der Waals surface area contributed by atoms with Gasteiger partial charge in [0.1, 0.15) is 5.78 Å². The van der Waals surface area contributed by atoms with E-state index in [-0.39, 0.29) is 35.8 Å². The number of rotatable bonds is 14. The van der Waals surface area contributed by atoms with Crippen molar-refractivity contribution in [2.75, 3.05) is 26.4 Å². The Hall–Kier alpha value is -1.47. The van der Waals surface area contributed by atoms with E-state index in [0.717, 1.165) is 32.1 Å². The molecule has 1 atom stereocenters. The molecule has 2 N–H and O–H groups in total. The van der Waals surface area contributed by atoms with E-state index >= 15 is 0 Å². The second-order valence-electron chi connectivity index (χ2n) is 8.21. The highest BCUT2D eigenvalue weighted by Crippen LogP contribution is 2.28. The third-order valence-electron chi connectivity index (χ3n) is 5.42. The average molecular weight is 413 g/mol. The summed E-state index contributed by atoms with van der Waals surface area (Å²) in [5.41, 5.74) is 0. The lowest BCUT2D eigenvalue weighted by Crippen LogP contribution is -2.39. The summed E-state index contributed by atoms with van der Waals surface area (Å²) < 4.78 is 10.7. The number of hydrogen-bond acceptors (Lipinski definition) is 5. The van der Waals surface area contributed by atoms with Gasteiger partial charge in [0.25, 0.3) is 0 Å². The molecular formula is C22H40N2O5. The lowest BCUT2D eigenvalue weighted by molar-refractivity contribution is -0.127. The zero-order chi connectivity index (χ0) is 21.6. The van der Waals surface area contributed by atoms with Crippen molar-refractivity contribution in [3.63, 3.8) is 0 Å². The average Bonchev–Trinajstić information content (AvgIpc) is 2.69. The van der Waals surface area contributed by atoms with Crippen LogP contribution in [-0.4, -0.2) is 56.1 Å². The minimum absolute atomic E-state index is 0.0171. The van der Waals surface area contributed by atoms with Crippen molar-refractivity contribution in [2.45, 2.75) is 84.8 Å². The first-order valence-corrected chi connectivity index (χ1v) is 11.1. The smallest absolute Gasteiger partial charge is 0.222 e. The highest BCUT2D eigenvalue weighted by Gasteiger charge is 2.28. The third kappa shape index (κ3) is 11.3. The van der Waals surface area contributed by atoms with E-state index in [2.05, 4.69) is 10.6 Å². The molecule has 0 heterocycles. The van der Waals surface area contributed by atoms with E-state index in [4.69, 9.17) is 9.47 Å². The number of nitrogens with one attached hydrogen (secondary N) is 2. The van der Waals surface area contributed by atoms with Crippen molar-refractivity contribution in [1.29, 1.82) is 0 Å². The van der Waals surface area contributed by atoms with Gasteiger partial charge in [-0.2, -0.15) is 0 Å². The van der Waals surface area contributed by atoms with E-state index in [1.54, 1.807) is 0 Å². The molecule has 0 aromatic rings. The highest BCUT2D eigenvalue weighted by atomic mass is 16.5. The SMILES string of the molecule is CCC(C)C(=O)C1CCC(NC(=O)CCOCCNC(=O)CCOC(C)C)CC1. The number of ketones is 1. The van der Waals surface area contributed by atoms with Crippen molar-refractivity contribution in [3.8, 4) is 0 Å². The van der Waals surface area contributed by atoms with Gasteiger partial charge in [-0.3, -0.25) is 14.4 Å². The first kappa shape index (κ1) is 25.6. The van der Waals surface area contributed by atoms with Gasteiger partial charge in [0.2, 0.25) is 11.8 Å². The summed E-state index contributed by atoms with van der Waals surface area (Å²) in [5, 5.41) is 5.81. The summed E-state index contributed by atoms with van der Waals surface area (Å²) in [6, 6.07) is 0.163. The maximum absolute atomic E-state index is 12.3. The van der Waals surface area contributed by atoms with Gasteiger partial charge in [0.05, 0.1) is 25.9 Å². The first-order chi connectivity index (χ1) is 13.8. The Morgan fingerprint density at radius 2 is 1.59 bits per heavy atom. The minimum atomic E-state index is -0.0607. The molecule has 0 saturated heterocycles. The highest BCUT2D eigenvalue weighted by molar-refractivity contribution is 5.83. The van der Waals surface area contributed by atoms with Gasteiger partial charge in [-0.25, -0.2) is 0 Å². The third-order valence-corrected chi connectivity index (χ3v) is 5.42. The topological polar surface area (TPSA) is 93.7 Å². The molecular weight excluding hydrogens is 372 g/mol. The minimum Gasteiger partial charge on any atom is -0.379 e. The monoisotopic (exact) mass is 412 g/mol. The number of Topliss-reactive ketones (excluding diaryl/α,β-unsaturated/α-hetero) is 1. The van der Waals surface area contributed by atoms with Crippen molar-refractivity contribution < 1.29 is 23.9 Å². The maximum Gasteiger partial charge on any atom is 0.222 e. The van der Waals surface area contributed by atoms with Crippen molar-refractivity contribution >= 4 is 17.6 Å². The molecule has 1 saturated carbocycles. The summed E-state index contributed by atoms with van der Waals surface area (Å²) in [6.45, 7) is 9.47. The lowest BCUT2D eigenvalue weighted by Gasteiger charge is -2.29. The van der Waals surface area contributed by atoms with Crippen LogP contribution in [0.1, 0.15) is 72.6 Å². The number of carbonyl (C=O) groups is 3. The van der Waals surface area contributed by atoms with E-state index in [1.165, 1.54) is 0 Å². The molecule has 1 unspecified atom stereocenters. The summed E-state index contributed by atoms with van der Waals surface area (Å²) in [5.74, 6) is 0.603. The van der Waals surface area contributed by atoms with E-state index in [9.17, 15) is 14.4 Å². The molecule has 0 bridgehead atoms. The van der Waals surface area contributed by atoms with Gasteiger partial charge in [-0.1, -0.05) is 13.8 Å². The molecule has 0 radical (unpaired) electrons. The molecule has 29 heavy (non-hydrogen) atoms. The van der Waals surface area contributed by atoms with Crippen molar-refractivity contribution in [3.05, 3.63) is 0 Å². The largest absolute Gasteiger partial charge is 0.379 e. The van der Waals surface area contributed by atoms with Gasteiger partial charge in [-0.05, 0) is 46.0 Å². The quantitative estimate of drug-likeness (QED) is 0.428. The van der Waals surface area contributed by atoms with E-state index in [1.807, 2.05) is 27.7 Å². The number of ether oxygens (including phenoxy) is 2. The van der Waals surface area contributed by atoms with Gasteiger partial charge >= 0.3 is 0 Å². The lowest BCUT2D eigenvalue weighted by atomic mass is 9.79. The molecule has 0 spiro atoms. The van der Waals surface area contributed by atoms with Gasteiger partial charge in [-0.15, -0.1) is 0 Å². The second kappa shape index (κ2) is 14.5. The van der Waals surface area contributed by atoms with Crippen LogP contribution in [0.4, 0.5) is 0 Å². The molecule has 7 nitrogen and oxygen atoms in total. The van der Waals surface area contributed by atoms with Gasteiger partial charge in [0, 0.05) is 37.3 Å². The number of hydrogen-bond donors (Lipinski definition) is 2. The van der Waals surface area contributed by atoms with Crippen LogP contribution in [-0.2, 0) is 23.9 Å². The summed E-state index contributed by atoms with van der Waals surface area (Å²) in [4.78, 5) is 35.9. The van der Waals surface area contributed by atoms with Crippen LogP contribution in [0.3, 0.4) is 0 Å². The fourth-order valence-electron chi connectivity index (χ4n) is 3.43. The predicted octanol–water partition coefficient (Wildman–Crippen LogP) is 2.61. The molecule has 168 valence electrons. The van der Waals surface area contributed by atoms with Gasteiger partial charge < -0.3 is 20.1 Å². The summed E-state index contributed by atoms with van der Waals surface area (Å²) in [6.07, 6.45) is 5.13. The van der Waals surface area contributed by atoms with Crippen LogP contribution in [0, 0.1) is 11.8 Å². The number of carbonyl (C=O) groups excluding carboxylic acids is 3. The Morgan fingerprint density at radius 1 is 0.931 bits per heavy atom. The molecule has 0 aromatic heterocycles. The molecule has 1 aliphatic rings. The Morgan fingerprint density at radius 3 is 2.21 bits per heavy atom. The zero-order valence-electron chi connectivity index (χ0n) is 18.6. The standard InChI is InChI=1S/C22H40N2O5/c1-5-17(4)22(27)18-6-8-19(9-7-18)24-21(26)10-13-28-15-12-23-20(25)11-14-29-16(2)3/h16-19H,5-15H2,1-4H3,(H,23,25)(H,24,26). The first-order valence-electron chi connectivity index (χ1n) is 11.1. The molecule has 2 amide bonds. The Balaban J connectivity index is 2.03. The second-order valence-corrected chi connectivity index (χ2v) is 8.21. The van der Waals surface area contributed by atoms with Crippen molar-refractivity contribution in [2.24, 2.45) is 11.8 Å². The summed E-state index contributed by atoms with van der Waals surface area (Å²) in [7, 11) is 0. The van der Waals surface area contributed by atoms with Crippen LogP contribution in [0.25, 0.3) is 0 Å². The maximum atomic E-state index is 12.3. The summed E-state index contributed by atoms with van der Waals surface area (Å²) >= 11 is 0.